The Morgan fingerprint density at radius 2 is 0.389 bits per heavy atom. The maximum absolute atomic E-state index is 5.55. The molecule has 0 saturated heterocycles. The largest absolute Gasteiger partial charge is 0.494 e. The summed E-state index contributed by atoms with van der Waals surface area (Å²) in [5.74, 6) is 8.77. The van der Waals surface area contributed by atoms with Crippen molar-refractivity contribution < 1.29 is 47.4 Å². The molecule has 0 unspecified atom stereocenters. The first-order valence-electron chi connectivity index (χ1n) is 25.5. The van der Waals surface area contributed by atoms with Gasteiger partial charge in [-0.2, -0.15) is 0 Å². The quantitative estimate of drug-likeness (QED) is 0.0306. The lowest BCUT2D eigenvalue weighted by molar-refractivity contribution is 0.304. The zero-order chi connectivity index (χ0) is 52.5. The van der Waals surface area contributed by atoms with Gasteiger partial charge in [0, 0.05) is 0 Å². The van der Waals surface area contributed by atoms with Gasteiger partial charge in [0.2, 0.25) is 0 Å². The van der Waals surface area contributed by atoms with Gasteiger partial charge in [-0.25, -0.2) is 0 Å². The van der Waals surface area contributed by atoms with Gasteiger partial charge in [-0.3, -0.25) is 0 Å². The van der Waals surface area contributed by atoms with E-state index in [4.69, 9.17) is 47.4 Å². The molecule has 0 heterocycles. The molecule has 0 atom stereocenters. The van der Waals surface area contributed by atoms with Gasteiger partial charge in [0.25, 0.3) is 0 Å². The highest BCUT2D eigenvalue weighted by Crippen LogP contribution is 2.21. The number of hydrogen-bond donors (Lipinski definition) is 0. The maximum atomic E-state index is 5.55. The Morgan fingerprint density at radius 3 is 0.528 bits per heavy atom. The van der Waals surface area contributed by atoms with Crippen LogP contribution in [0.4, 0.5) is 0 Å². The van der Waals surface area contributed by atoms with Crippen molar-refractivity contribution in [3.63, 3.8) is 0 Å². The second kappa shape index (κ2) is 45.2. The summed E-state index contributed by atoms with van der Waals surface area (Å²) >= 11 is 0. The van der Waals surface area contributed by atoms with Crippen LogP contribution in [0.15, 0.2) is 172 Å². The number of unbranched alkanes of at least 4 members (excludes halogenated alkanes) is 2. The fourth-order valence-corrected chi connectivity index (χ4v) is 5.33. The van der Waals surface area contributed by atoms with Crippen LogP contribution in [0.25, 0.3) is 0 Å². The number of benzene rings is 5. The summed E-state index contributed by atoms with van der Waals surface area (Å²) in [7, 11) is 0. The topological polar surface area (TPSA) is 92.3 Å². The lowest BCUT2D eigenvalue weighted by Gasteiger charge is -2.07. The van der Waals surface area contributed by atoms with Crippen LogP contribution in [0.5, 0.6) is 57.5 Å². The third-order valence-corrected chi connectivity index (χ3v) is 9.01. The Balaban J connectivity index is 0.000000450. The molecule has 0 aliphatic carbocycles. The third-order valence-electron chi connectivity index (χ3n) is 9.01. The lowest BCUT2D eigenvalue weighted by Crippen LogP contribution is -1.97. The molecule has 0 aliphatic rings. The molecule has 10 nitrogen and oxygen atoms in total. The monoisotopic (exact) mass is 991 g/mol. The molecule has 0 N–H and O–H groups in total. The molecule has 5 rings (SSSR count). The predicted molar refractivity (Wildman–Crippen MR) is 299 cm³/mol. The zero-order valence-corrected chi connectivity index (χ0v) is 44.5. The average Bonchev–Trinajstić information content (AvgIpc) is 3.43. The van der Waals surface area contributed by atoms with Gasteiger partial charge < -0.3 is 47.4 Å². The lowest BCUT2D eigenvalue weighted by atomic mass is 10.3. The summed E-state index contributed by atoms with van der Waals surface area (Å²) in [6.45, 7) is 33.8. The number of hydrogen-bond acceptors (Lipinski definition) is 10. The number of rotatable bonds is 32. The zero-order valence-electron chi connectivity index (χ0n) is 44.5. The van der Waals surface area contributed by atoms with Crippen molar-refractivity contribution in [3.05, 3.63) is 172 Å². The highest BCUT2D eigenvalue weighted by molar-refractivity contribution is 5.34. The van der Waals surface area contributed by atoms with Crippen molar-refractivity contribution in [2.75, 3.05) is 66.1 Å². The minimum absolute atomic E-state index is 0.521. The van der Waals surface area contributed by atoms with E-state index in [1.54, 1.807) is 24.3 Å². The van der Waals surface area contributed by atoms with E-state index < -0.39 is 0 Å². The molecule has 5 aromatic carbocycles. The Morgan fingerprint density at radius 1 is 0.236 bits per heavy atom. The Kier molecular flexibility index (Phi) is 39.6. The molecule has 0 aromatic heterocycles. The van der Waals surface area contributed by atoms with Crippen molar-refractivity contribution in [2.24, 2.45) is 0 Å². The molecule has 0 bridgehead atoms. The molecule has 0 radical (unpaired) electrons. The summed E-state index contributed by atoms with van der Waals surface area (Å²) in [6, 6.07) is 38.3. The van der Waals surface area contributed by atoms with Crippen molar-refractivity contribution in [3.8, 4) is 57.5 Å². The van der Waals surface area contributed by atoms with Gasteiger partial charge in [0.1, 0.15) is 83.9 Å². The highest BCUT2D eigenvalue weighted by Gasteiger charge is 1.99. The molecule has 10 heteroatoms. The van der Waals surface area contributed by atoms with Crippen LogP contribution in [-0.4, -0.2) is 66.1 Å². The van der Waals surface area contributed by atoms with Gasteiger partial charge >= 0.3 is 0 Å². The summed E-state index contributed by atoms with van der Waals surface area (Å²) < 4.78 is 54.3. The minimum Gasteiger partial charge on any atom is -0.494 e. The standard InChI is InChI=1S/C13H20O2.C13H18O2.C12H18O2.C12H16O2.C12H14O2/c2*1-3-5-11-15-13-8-6-12(7-9-13)14-10-4-2;3*1-3-9-13-11-5-7-12(8-6-11)14-10-4-2/h6-9H,3-5,10-11H2,1-2H3;4,6-9H,2-3,5,10-11H2,1H3;5-8H,3-4,9-10H2,1-2H3;3,5-8H,1,4,9-10H2,2H3;3-8H,1-2,9-10H2. The van der Waals surface area contributed by atoms with E-state index in [-0.39, 0.29) is 0 Å². The van der Waals surface area contributed by atoms with Gasteiger partial charge in [-0.15, -0.1) is 0 Å². The Hall–Kier alpha value is -6.94. The first-order chi connectivity index (χ1) is 35.3. The second-order valence-corrected chi connectivity index (χ2v) is 15.6. The maximum Gasteiger partial charge on any atom is 0.120 e. The van der Waals surface area contributed by atoms with Gasteiger partial charge in [0.15, 0.2) is 0 Å². The van der Waals surface area contributed by atoms with E-state index in [2.05, 4.69) is 67.9 Å². The van der Waals surface area contributed by atoms with Crippen LogP contribution in [0.2, 0.25) is 0 Å². The molecule has 0 saturated carbocycles. The van der Waals surface area contributed by atoms with Crippen LogP contribution in [0, 0.1) is 0 Å². The van der Waals surface area contributed by atoms with Crippen LogP contribution >= 0.6 is 0 Å². The molecular formula is C62H86O10. The fourth-order valence-electron chi connectivity index (χ4n) is 5.33. The van der Waals surface area contributed by atoms with E-state index in [9.17, 15) is 0 Å². The fraction of sp³-hybridized carbons (Fsp3) is 0.387. The van der Waals surface area contributed by atoms with Crippen LogP contribution < -0.4 is 47.4 Å². The molecule has 5 aromatic rings. The average molecular weight is 991 g/mol. The van der Waals surface area contributed by atoms with E-state index in [0.717, 1.165) is 149 Å². The normalized spacial score (nSPS) is 9.64. The highest BCUT2D eigenvalue weighted by atomic mass is 16.5. The first-order valence-corrected chi connectivity index (χ1v) is 25.5. The molecule has 0 aliphatic heterocycles. The van der Waals surface area contributed by atoms with Gasteiger partial charge in [-0.1, -0.05) is 105 Å². The third kappa shape index (κ3) is 33.6. The van der Waals surface area contributed by atoms with Gasteiger partial charge in [-0.05, 0) is 160 Å². The molecule has 394 valence electrons. The van der Waals surface area contributed by atoms with Crippen molar-refractivity contribution in [1.82, 2.24) is 0 Å². The minimum atomic E-state index is 0.521. The predicted octanol–water partition coefficient (Wildman–Crippen LogP) is 16.2. The van der Waals surface area contributed by atoms with Crippen molar-refractivity contribution >= 4 is 0 Å². The Labute approximate surface area is 434 Å². The van der Waals surface area contributed by atoms with Crippen LogP contribution in [-0.2, 0) is 0 Å². The van der Waals surface area contributed by atoms with E-state index >= 15 is 0 Å². The smallest absolute Gasteiger partial charge is 0.120 e. The second-order valence-electron chi connectivity index (χ2n) is 15.6. The summed E-state index contributed by atoms with van der Waals surface area (Å²) in [5.41, 5.74) is 0. The molecule has 72 heavy (non-hydrogen) atoms. The first kappa shape index (κ1) is 63.1. The molecular weight excluding hydrogens is 905 g/mol. The van der Waals surface area contributed by atoms with Crippen LogP contribution in [0.3, 0.4) is 0 Å². The van der Waals surface area contributed by atoms with Gasteiger partial charge in [0.05, 0.1) is 39.6 Å². The Bertz CT molecular complexity index is 1960. The molecule has 0 fully saturated rings. The van der Waals surface area contributed by atoms with E-state index in [0.29, 0.717) is 26.4 Å². The van der Waals surface area contributed by atoms with E-state index in [1.165, 1.54) is 0 Å². The summed E-state index contributed by atoms with van der Waals surface area (Å²) in [4.78, 5) is 0. The number of ether oxygens (including phenoxy) is 10. The SMILES string of the molecule is C=CCOc1ccc(OCC=C)cc1.C=CCOc1ccc(OCCC)cc1.C=CCOc1ccc(OCCCC)cc1.CCCCOc1ccc(OCCC)cc1.CCCOc1ccc(OCCC)cc1. The van der Waals surface area contributed by atoms with Crippen molar-refractivity contribution in [1.29, 1.82) is 0 Å². The summed E-state index contributed by atoms with van der Waals surface area (Å²) in [6.07, 6.45) is 15.5. The van der Waals surface area contributed by atoms with Crippen molar-refractivity contribution in [2.45, 2.75) is 92.9 Å². The van der Waals surface area contributed by atoms with Crippen LogP contribution in [0.1, 0.15) is 92.9 Å². The molecule has 0 spiro atoms. The molecule has 0 amide bonds. The summed E-state index contributed by atoms with van der Waals surface area (Å²) in [5, 5.41) is 0. The van der Waals surface area contributed by atoms with E-state index in [1.807, 2.05) is 121 Å².